The second-order valence-corrected chi connectivity index (χ2v) is 10.8. The highest BCUT2D eigenvalue weighted by Crippen LogP contribution is 2.65. The first-order valence-electron chi connectivity index (χ1n) is 11.0. The molecule has 40 heavy (non-hydrogen) atoms. The number of anilines is 3. The van der Waals surface area contributed by atoms with Crippen LogP contribution in [0.3, 0.4) is 0 Å². The van der Waals surface area contributed by atoms with Crippen LogP contribution in [0.25, 0.3) is 0 Å². The Hall–Kier alpha value is -3.12. The summed E-state index contributed by atoms with van der Waals surface area (Å²) < 4.78 is 66.1. The molecule has 0 aliphatic heterocycles. The minimum absolute atomic E-state index is 0.0510. The molecule has 6 nitrogen and oxygen atoms in total. The van der Waals surface area contributed by atoms with Crippen LogP contribution >= 0.6 is 46.4 Å². The van der Waals surface area contributed by atoms with Crippen LogP contribution in [0.15, 0.2) is 48.5 Å². The predicted octanol–water partition coefficient (Wildman–Crippen LogP) is 7.39. The molecule has 3 N–H and O–H groups in total. The first kappa shape index (κ1) is 29.9. The molecule has 0 bridgehead atoms. The van der Waals surface area contributed by atoms with Gasteiger partial charge in [-0.25, -0.2) is 13.2 Å². The molecule has 1 unspecified atom stereocenters. The van der Waals surface area contributed by atoms with Crippen LogP contribution in [0, 0.1) is 23.4 Å². The average Bonchev–Trinajstić information content (AvgIpc) is 3.46. The van der Waals surface area contributed by atoms with E-state index < -0.39 is 74.7 Å². The van der Waals surface area contributed by atoms with E-state index in [2.05, 4.69) is 5.32 Å². The van der Waals surface area contributed by atoms with Crippen LogP contribution in [0.5, 0.6) is 0 Å². The van der Waals surface area contributed by atoms with Gasteiger partial charge in [0, 0.05) is 17.7 Å². The van der Waals surface area contributed by atoms with E-state index in [0.29, 0.717) is 11.6 Å². The molecular weight excluding hydrogens is 627 g/mol. The van der Waals surface area contributed by atoms with E-state index in [4.69, 9.17) is 46.4 Å². The first-order valence-corrected chi connectivity index (χ1v) is 12.5. The molecule has 0 heterocycles. The van der Waals surface area contributed by atoms with Crippen LogP contribution in [0.1, 0.15) is 21.8 Å². The molecule has 1 fully saturated rings. The molecule has 3 amide bonds. The Bertz CT molecular complexity index is 1540. The number of benzene rings is 3. The lowest BCUT2D eigenvalue weighted by Gasteiger charge is -2.12. The van der Waals surface area contributed by atoms with E-state index >= 15 is 0 Å². The number of amides is 3. The maximum Gasteiger partial charge on any atom is 0.315 e. The van der Waals surface area contributed by atoms with Crippen LogP contribution in [-0.2, 0) is 9.59 Å². The van der Waals surface area contributed by atoms with E-state index in [9.17, 15) is 36.3 Å². The number of hydrogen-bond acceptors (Lipinski definition) is 3. The smallest absolute Gasteiger partial charge is 0.315 e. The highest BCUT2D eigenvalue weighted by Gasteiger charge is 2.67. The van der Waals surface area contributed by atoms with Crippen molar-refractivity contribution in [1.82, 2.24) is 0 Å². The summed E-state index contributed by atoms with van der Waals surface area (Å²) in [5, 5.41) is 6.49. The average molecular weight is 641 g/mol. The van der Waals surface area contributed by atoms with Gasteiger partial charge in [0.2, 0.25) is 5.91 Å². The van der Waals surface area contributed by atoms with Gasteiger partial charge in [0.1, 0.15) is 21.8 Å². The SMILES string of the molecule is O=C(Nc1cc(NC(=O)C(F)F)c(F)cc1F)c1cc(NC(=O)C2[C@H](c3ccc(Cl)c(Cl)c3)C2(Cl)Cl)ccc1F. The number of rotatable bonds is 7. The number of nitrogens with one attached hydrogen (secondary N) is 3. The van der Waals surface area contributed by atoms with Crippen molar-refractivity contribution in [2.45, 2.75) is 16.7 Å². The monoisotopic (exact) mass is 639 g/mol. The molecule has 4 rings (SSSR count). The van der Waals surface area contributed by atoms with Gasteiger partial charge < -0.3 is 16.0 Å². The Morgan fingerprint density at radius 2 is 1.43 bits per heavy atom. The zero-order chi connectivity index (χ0) is 29.5. The summed E-state index contributed by atoms with van der Waals surface area (Å²) >= 11 is 24.6. The van der Waals surface area contributed by atoms with Gasteiger partial charge in [0.25, 0.3) is 11.8 Å². The van der Waals surface area contributed by atoms with Gasteiger partial charge in [0.15, 0.2) is 0 Å². The summed E-state index contributed by atoms with van der Waals surface area (Å²) in [6.45, 7) is 0. The van der Waals surface area contributed by atoms with E-state index in [0.717, 1.165) is 18.2 Å². The minimum atomic E-state index is -3.49. The molecule has 0 aromatic heterocycles. The van der Waals surface area contributed by atoms with E-state index in [1.54, 1.807) is 6.07 Å². The molecule has 15 heteroatoms. The quantitative estimate of drug-likeness (QED) is 0.186. The molecule has 3 aromatic carbocycles. The molecule has 1 aliphatic rings. The minimum Gasteiger partial charge on any atom is -0.326 e. The van der Waals surface area contributed by atoms with Gasteiger partial charge >= 0.3 is 6.43 Å². The van der Waals surface area contributed by atoms with Crippen molar-refractivity contribution in [1.29, 1.82) is 0 Å². The van der Waals surface area contributed by atoms with Crippen LogP contribution in [0.4, 0.5) is 39.0 Å². The summed E-state index contributed by atoms with van der Waals surface area (Å²) in [6, 6.07) is 8.33. The summed E-state index contributed by atoms with van der Waals surface area (Å²) in [4.78, 5) is 36.8. The van der Waals surface area contributed by atoms with E-state index in [1.165, 1.54) is 17.4 Å². The van der Waals surface area contributed by atoms with Crippen LogP contribution < -0.4 is 16.0 Å². The van der Waals surface area contributed by atoms with Crippen LogP contribution in [0.2, 0.25) is 10.0 Å². The lowest BCUT2D eigenvalue weighted by Crippen LogP contribution is -2.21. The van der Waals surface area contributed by atoms with Gasteiger partial charge in [-0.15, -0.1) is 23.2 Å². The van der Waals surface area contributed by atoms with Crippen molar-refractivity contribution in [2.75, 3.05) is 16.0 Å². The maximum absolute atomic E-state index is 14.5. The summed E-state index contributed by atoms with van der Waals surface area (Å²) in [7, 11) is 0. The fourth-order valence-corrected chi connectivity index (χ4v) is 5.02. The second-order valence-electron chi connectivity index (χ2n) is 8.54. The molecule has 3 aromatic rings. The fraction of sp³-hybridized carbons (Fsp3) is 0.160. The zero-order valence-corrected chi connectivity index (χ0v) is 22.5. The molecule has 1 aliphatic carbocycles. The van der Waals surface area contributed by atoms with Crippen molar-refractivity contribution in [2.24, 2.45) is 5.92 Å². The summed E-state index contributed by atoms with van der Waals surface area (Å²) in [5.41, 5.74) is -1.77. The molecule has 2 atom stereocenters. The largest absolute Gasteiger partial charge is 0.326 e. The molecule has 210 valence electrons. The third-order valence-electron chi connectivity index (χ3n) is 5.88. The van der Waals surface area contributed by atoms with Crippen molar-refractivity contribution < 1.29 is 36.3 Å². The Morgan fingerprint density at radius 1 is 0.775 bits per heavy atom. The van der Waals surface area contributed by atoms with Gasteiger partial charge in [-0.3, -0.25) is 14.4 Å². The van der Waals surface area contributed by atoms with Gasteiger partial charge in [-0.2, -0.15) is 8.78 Å². The summed E-state index contributed by atoms with van der Waals surface area (Å²) in [5.74, 6) is -9.19. The Labute approximate surface area is 242 Å². The number of carbonyl (C=O) groups is 3. The van der Waals surface area contributed by atoms with Crippen molar-refractivity contribution in [3.8, 4) is 0 Å². The molecule has 0 radical (unpaired) electrons. The second kappa shape index (κ2) is 11.4. The van der Waals surface area contributed by atoms with Gasteiger partial charge in [-0.1, -0.05) is 29.3 Å². The van der Waals surface area contributed by atoms with E-state index in [1.807, 2.05) is 5.32 Å². The van der Waals surface area contributed by atoms with Crippen molar-refractivity contribution in [3.05, 3.63) is 87.2 Å². The Morgan fingerprint density at radius 3 is 2.05 bits per heavy atom. The molecule has 1 saturated carbocycles. The fourth-order valence-electron chi connectivity index (χ4n) is 3.89. The third kappa shape index (κ3) is 6.12. The standard InChI is InChI=1S/C25H14Cl4F5N3O3/c26-12-3-1-9(5-13(12)27)19-20(25(19,28)29)23(39)35-10-2-4-14(30)11(6-10)22(38)36-17-8-18(16(32)7-15(17)31)37-24(40)21(33)34/h1-8,19-21H,(H,35,39)(H,36,38)(H,37,40)/t19-,20?/m0/s1. The number of alkyl halides is 4. The van der Waals surface area contributed by atoms with Gasteiger partial charge in [0.05, 0.1) is 32.9 Å². The van der Waals surface area contributed by atoms with E-state index in [-0.39, 0.29) is 21.8 Å². The lowest BCUT2D eigenvalue weighted by molar-refractivity contribution is -0.126. The normalized spacial score (nSPS) is 17.4. The number of hydrogen-bond donors (Lipinski definition) is 3. The highest BCUT2D eigenvalue weighted by atomic mass is 35.5. The number of halogens is 9. The molecular formula is C25H14Cl4F5N3O3. The van der Waals surface area contributed by atoms with Crippen LogP contribution in [-0.4, -0.2) is 28.5 Å². The highest BCUT2D eigenvalue weighted by molar-refractivity contribution is 6.53. The molecule has 0 saturated heterocycles. The van der Waals surface area contributed by atoms with Crippen molar-refractivity contribution in [3.63, 3.8) is 0 Å². The van der Waals surface area contributed by atoms with Crippen molar-refractivity contribution >= 4 is 81.2 Å². The molecule has 0 spiro atoms. The Balaban J connectivity index is 1.51. The lowest BCUT2D eigenvalue weighted by atomic mass is 10.1. The first-order chi connectivity index (χ1) is 18.7. The zero-order valence-electron chi connectivity index (χ0n) is 19.5. The maximum atomic E-state index is 14.5. The predicted molar refractivity (Wildman–Crippen MR) is 141 cm³/mol. The van der Waals surface area contributed by atoms with Gasteiger partial charge in [-0.05, 0) is 42.0 Å². The summed E-state index contributed by atoms with van der Waals surface area (Å²) in [6.07, 6.45) is -3.49. The Kier molecular flexibility index (Phi) is 8.51. The number of carbonyl (C=O) groups excluding carboxylic acids is 3. The third-order valence-corrected chi connectivity index (χ3v) is 7.56. The topological polar surface area (TPSA) is 87.3 Å².